The molecule has 22 heavy (non-hydrogen) atoms. The van der Waals surface area contributed by atoms with E-state index in [1.165, 1.54) is 0 Å². The summed E-state index contributed by atoms with van der Waals surface area (Å²) in [5, 5.41) is 4.23. The number of piperidine rings is 1. The van der Waals surface area contributed by atoms with E-state index in [1.807, 2.05) is 48.2 Å². The SMILES string of the molecule is Cc1cnn(CCC(=O)N2CCC[C@H](n3ccnc3C)C2)c1. The molecule has 2 aromatic rings. The van der Waals surface area contributed by atoms with E-state index in [9.17, 15) is 4.79 Å². The highest BCUT2D eigenvalue weighted by atomic mass is 16.2. The normalized spacial score (nSPS) is 18.6. The Hall–Kier alpha value is -2.11. The molecule has 1 aliphatic heterocycles. The first-order chi connectivity index (χ1) is 10.6. The zero-order chi connectivity index (χ0) is 15.5. The average Bonchev–Trinajstić information content (AvgIpc) is 3.13. The standard InChI is InChI=1S/C16H23N5O/c1-13-10-18-20(11-13)8-5-16(22)19-7-3-4-15(12-19)21-9-6-17-14(21)2/h6,9-11,15H,3-5,7-8,12H2,1-2H3/t15-/m0/s1. The number of aryl methyl sites for hydroxylation is 3. The first-order valence-corrected chi connectivity index (χ1v) is 7.90. The van der Waals surface area contributed by atoms with Gasteiger partial charge in [-0.2, -0.15) is 5.10 Å². The molecule has 0 aromatic carbocycles. The highest BCUT2D eigenvalue weighted by Gasteiger charge is 2.25. The largest absolute Gasteiger partial charge is 0.341 e. The molecule has 0 saturated carbocycles. The molecule has 6 heteroatoms. The zero-order valence-corrected chi connectivity index (χ0v) is 13.3. The van der Waals surface area contributed by atoms with E-state index < -0.39 is 0 Å². The number of rotatable bonds is 4. The topological polar surface area (TPSA) is 56.0 Å². The average molecular weight is 301 g/mol. The van der Waals surface area contributed by atoms with Gasteiger partial charge in [-0.25, -0.2) is 4.98 Å². The van der Waals surface area contributed by atoms with Crippen molar-refractivity contribution in [3.05, 3.63) is 36.2 Å². The van der Waals surface area contributed by atoms with E-state index in [-0.39, 0.29) is 5.91 Å². The van der Waals surface area contributed by atoms with Crippen molar-refractivity contribution in [3.63, 3.8) is 0 Å². The van der Waals surface area contributed by atoms with Crippen molar-refractivity contribution < 1.29 is 4.79 Å². The van der Waals surface area contributed by atoms with Gasteiger partial charge in [-0.3, -0.25) is 9.48 Å². The second-order valence-electron chi connectivity index (χ2n) is 6.05. The van der Waals surface area contributed by atoms with Crippen molar-refractivity contribution >= 4 is 5.91 Å². The maximum absolute atomic E-state index is 12.4. The van der Waals surface area contributed by atoms with Crippen LogP contribution in [0.5, 0.6) is 0 Å². The van der Waals surface area contributed by atoms with Crippen molar-refractivity contribution in [3.8, 4) is 0 Å². The minimum absolute atomic E-state index is 0.218. The summed E-state index contributed by atoms with van der Waals surface area (Å²) in [6.45, 7) is 6.32. The fourth-order valence-corrected chi connectivity index (χ4v) is 3.14. The van der Waals surface area contributed by atoms with Crippen molar-refractivity contribution in [2.75, 3.05) is 13.1 Å². The van der Waals surface area contributed by atoms with Gasteiger partial charge in [0.2, 0.25) is 5.91 Å². The first-order valence-electron chi connectivity index (χ1n) is 7.90. The number of carbonyl (C=O) groups excluding carboxylic acids is 1. The summed E-state index contributed by atoms with van der Waals surface area (Å²) in [7, 11) is 0. The minimum Gasteiger partial charge on any atom is -0.341 e. The molecule has 0 bridgehead atoms. The van der Waals surface area contributed by atoms with Gasteiger partial charge in [0.1, 0.15) is 5.82 Å². The lowest BCUT2D eigenvalue weighted by Crippen LogP contribution is -2.41. The number of likely N-dealkylation sites (tertiary alicyclic amines) is 1. The Morgan fingerprint density at radius 3 is 2.95 bits per heavy atom. The predicted molar refractivity (Wildman–Crippen MR) is 83.4 cm³/mol. The number of amides is 1. The third kappa shape index (κ3) is 3.21. The van der Waals surface area contributed by atoms with E-state index in [0.29, 0.717) is 19.0 Å². The quantitative estimate of drug-likeness (QED) is 0.867. The second-order valence-corrected chi connectivity index (χ2v) is 6.05. The lowest BCUT2D eigenvalue weighted by Gasteiger charge is -2.34. The smallest absolute Gasteiger partial charge is 0.224 e. The predicted octanol–water partition coefficient (Wildman–Crippen LogP) is 1.95. The summed E-state index contributed by atoms with van der Waals surface area (Å²) in [5.41, 5.74) is 1.13. The summed E-state index contributed by atoms with van der Waals surface area (Å²) >= 11 is 0. The van der Waals surface area contributed by atoms with Crippen molar-refractivity contribution in [2.24, 2.45) is 0 Å². The van der Waals surface area contributed by atoms with Crippen LogP contribution in [0.3, 0.4) is 0 Å². The van der Waals surface area contributed by atoms with Crippen molar-refractivity contribution in [1.82, 2.24) is 24.2 Å². The second kappa shape index (κ2) is 6.34. The van der Waals surface area contributed by atoms with E-state index in [1.54, 1.807) is 0 Å². The van der Waals surface area contributed by atoms with Gasteiger partial charge in [-0.05, 0) is 32.3 Å². The third-order valence-corrected chi connectivity index (χ3v) is 4.32. The summed E-state index contributed by atoms with van der Waals surface area (Å²) in [6, 6.07) is 0.354. The summed E-state index contributed by atoms with van der Waals surface area (Å²) in [4.78, 5) is 18.7. The van der Waals surface area contributed by atoms with Gasteiger partial charge in [0.15, 0.2) is 0 Å². The van der Waals surface area contributed by atoms with Crippen LogP contribution in [0.4, 0.5) is 0 Å². The van der Waals surface area contributed by atoms with Crippen molar-refractivity contribution in [1.29, 1.82) is 0 Å². The monoisotopic (exact) mass is 301 g/mol. The van der Waals surface area contributed by atoms with E-state index in [0.717, 1.165) is 37.3 Å². The Bertz CT molecular complexity index is 645. The fourth-order valence-electron chi connectivity index (χ4n) is 3.14. The van der Waals surface area contributed by atoms with Crippen LogP contribution in [0.15, 0.2) is 24.8 Å². The fraction of sp³-hybridized carbons (Fsp3) is 0.562. The Kier molecular flexibility index (Phi) is 4.27. The van der Waals surface area contributed by atoms with Crippen LogP contribution < -0.4 is 0 Å². The molecule has 6 nitrogen and oxygen atoms in total. The van der Waals surface area contributed by atoms with Gasteiger partial charge in [0.25, 0.3) is 0 Å². The molecule has 0 unspecified atom stereocenters. The molecule has 0 aliphatic carbocycles. The van der Waals surface area contributed by atoms with Crippen LogP contribution in [0.1, 0.15) is 36.7 Å². The number of aromatic nitrogens is 4. The van der Waals surface area contributed by atoms with Gasteiger partial charge < -0.3 is 9.47 Å². The lowest BCUT2D eigenvalue weighted by molar-refractivity contribution is -0.133. The van der Waals surface area contributed by atoms with Crippen LogP contribution in [-0.4, -0.2) is 43.2 Å². The third-order valence-electron chi connectivity index (χ3n) is 4.32. The molecule has 0 spiro atoms. The molecule has 118 valence electrons. The minimum atomic E-state index is 0.218. The van der Waals surface area contributed by atoms with Crippen LogP contribution in [0.2, 0.25) is 0 Å². The van der Waals surface area contributed by atoms with Gasteiger partial charge >= 0.3 is 0 Å². The molecule has 1 atom stereocenters. The van der Waals surface area contributed by atoms with Crippen LogP contribution in [0, 0.1) is 13.8 Å². The number of imidazole rings is 1. The molecule has 1 saturated heterocycles. The van der Waals surface area contributed by atoms with Gasteiger partial charge in [-0.15, -0.1) is 0 Å². The molecule has 1 amide bonds. The van der Waals surface area contributed by atoms with Gasteiger partial charge in [-0.1, -0.05) is 0 Å². The number of hydrogen-bond donors (Lipinski definition) is 0. The van der Waals surface area contributed by atoms with Gasteiger partial charge in [0, 0.05) is 44.6 Å². The molecular weight excluding hydrogens is 278 g/mol. The molecule has 0 N–H and O–H groups in total. The molecule has 1 aliphatic rings. The first kappa shape index (κ1) is 14.8. The Morgan fingerprint density at radius 1 is 1.41 bits per heavy atom. The van der Waals surface area contributed by atoms with E-state index in [2.05, 4.69) is 14.6 Å². The molecular formula is C16H23N5O. The molecule has 3 rings (SSSR count). The summed E-state index contributed by atoms with van der Waals surface area (Å²) in [5.74, 6) is 1.24. The molecule has 0 radical (unpaired) electrons. The van der Waals surface area contributed by atoms with Gasteiger partial charge in [0.05, 0.1) is 12.2 Å². The highest BCUT2D eigenvalue weighted by Crippen LogP contribution is 2.23. The maximum Gasteiger partial charge on any atom is 0.224 e. The van der Waals surface area contributed by atoms with Crippen LogP contribution in [-0.2, 0) is 11.3 Å². The van der Waals surface area contributed by atoms with Crippen LogP contribution >= 0.6 is 0 Å². The maximum atomic E-state index is 12.4. The molecule has 2 aromatic heterocycles. The Morgan fingerprint density at radius 2 is 2.27 bits per heavy atom. The molecule has 3 heterocycles. The van der Waals surface area contributed by atoms with Crippen molar-refractivity contribution in [2.45, 2.75) is 45.7 Å². The number of carbonyl (C=O) groups is 1. The summed E-state index contributed by atoms with van der Waals surface area (Å²) < 4.78 is 4.03. The highest BCUT2D eigenvalue weighted by molar-refractivity contribution is 5.76. The number of hydrogen-bond acceptors (Lipinski definition) is 3. The van der Waals surface area contributed by atoms with Crippen LogP contribution in [0.25, 0.3) is 0 Å². The molecule has 1 fully saturated rings. The summed E-state index contributed by atoms with van der Waals surface area (Å²) in [6.07, 6.45) is 10.3. The lowest BCUT2D eigenvalue weighted by atomic mass is 10.0. The number of nitrogens with zero attached hydrogens (tertiary/aromatic N) is 5. The van der Waals surface area contributed by atoms with E-state index >= 15 is 0 Å². The Labute approximate surface area is 130 Å². The van der Waals surface area contributed by atoms with E-state index in [4.69, 9.17) is 0 Å². The Balaban J connectivity index is 1.57. The zero-order valence-electron chi connectivity index (χ0n) is 13.3.